The Morgan fingerprint density at radius 2 is 2.11 bits per heavy atom. The van der Waals surface area contributed by atoms with Gasteiger partial charge >= 0.3 is 0 Å². The van der Waals surface area contributed by atoms with Crippen LogP contribution in [-0.2, 0) is 0 Å². The van der Waals surface area contributed by atoms with Crippen LogP contribution in [0.5, 0.6) is 5.75 Å². The number of halogens is 1. The molecule has 0 saturated heterocycles. The lowest BCUT2D eigenvalue weighted by Crippen LogP contribution is -2.22. The van der Waals surface area contributed by atoms with E-state index in [9.17, 15) is 9.50 Å². The van der Waals surface area contributed by atoms with E-state index in [1.807, 2.05) is 0 Å². The van der Waals surface area contributed by atoms with Crippen molar-refractivity contribution in [1.29, 1.82) is 0 Å². The standard InChI is InChI=1S/C13H18FNO3/c1-9(15-17)11-8-10(14)4-5-12(11)18-7-6-13(2,3)16/h4-5,8,16-17H,6-7H2,1-3H3. The molecule has 0 atom stereocenters. The molecule has 0 aliphatic rings. The number of benzene rings is 1. The van der Waals surface area contributed by atoms with Crippen LogP contribution in [0.1, 0.15) is 32.8 Å². The minimum atomic E-state index is -0.819. The minimum Gasteiger partial charge on any atom is -0.493 e. The highest BCUT2D eigenvalue weighted by Crippen LogP contribution is 2.21. The number of oxime groups is 1. The Balaban J connectivity index is 2.82. The van der Waals surface area contributed by atoms with Crippen molar-refractivity contribution in [2.24, 2.45) is 5.16 Å². The smallest absolute Gasteiger partial charge is 0.128 e. The Hall–Kier alpha value is -1.62. The summed E-state index contributed by atoms with van der Waals surface area (Å²) in [6, 6.07) is 3.99. The van der Waals surface area contributed by atoms with E-state index in [-0.39, 0.29) is 5.71 Å². The van der Waals surface area contributed by atoms with E-state index < -0.39 is 11.4 Å². The van der Waals surface area contributed by atoms with Crippen LogP contribution in [-0.4, -0.2) is 28.2 Å². The second-order valence-electron chi connectivity index (χ2n) is 4.74. The van der Waals surface area contributed by atoms with Crippen LogP contribution in [0, 0.1) is 5.82 Å². The third kappa shape index (κ3) is 4.33. The van der Waals surface area contributed by atoms with E-state index in [1.165, 1.54) is 18.2 Å². The van der Waals surface area contributed by atoms with Gasteiger partial charge in [-0.2, -0.15) is 0 Å². The van der Waals surface area contributed by atoms with Crippen LogP contribution in [0.15, 0.2) is 23.4 Å². The van der Waals surface area contributed by atoms with Crippen LogP contribution in [0.25, 0.3) is 0 Å². The van der Waals surface area contributed by atoms with Crippen molar-refractivity contribution >= 4 is 5.71 Å². The van der Waals surface area contributed by atoms with Gasteiger partial charge in [0.05, 0.1) is 17.9 Å². The van der Waals surface area contributed by atoms with Crippen LogP contribution in [0.4, 0.5) is 4.39 Å². The number of nitrogens with zero attached hydrogens (tertiary/aromatic N) is 1. The first-order chi connectivity index (χ1) is 8.33. The van der Waals surface area contributed by atoms with Crippen molar-refractivity contribution in [3.05, 3.63) is 29.6 Å². The SMILES string of the molecule is CC(=NO)c1cc(F)ccc1OCCC(C)(C)O. The normalized spacial score (nSPS) is 12.6. The first-order valence-corrected chi connectivity index (χ1v) is 5.67. The molecule has 1 aromatic carbocycles. The highest BCUT2D eigenvalue weighted by molar-refractivity contribution is 6.00. The number of ether oxygens (including phenoxy) is 1. The molecule has 18 heavy (non-hydrogen) atoms. The zero-order valence-corrected chi connectivity index (χ0v) is 10.8. The van der Waals surface area contributed by atoms with Gasteiger partial charge in [-0.1, -0.05) is 5.16 Å². The van der Waals surface area contributed by atoms with E-state index in [0.29, 0.717) is 24.3 Å². The summed E-state index contributed by atoms with van der Waals surface area (Å²) in [5.41, 5.74) is -0.152. The lowest BCUT2D eigenvalue weighted by atomic mass is 10.1. The van der Waals surface area contributed by atoms with Gasteiger partial charge in [0.1, 0.15) is 11.6 Å². The summed E-state index contributed by atoms with van der Waals surface area (Å²) in [5.74, 6) is -0.00112. The Morgan fingerprint density at radius 3 is 2.67 bits per heavy atom. The third-order valence-electron chi connectivity index (χ3n) is 2.45. The molecule has 0 saturated carbocycles. The molecular weight excluding hydrogens is 237 g/mol. The number of aliphatic hydroxyl groups is 1. The maximum Gasteiger partial charge on any atom is 0.128 e. The average Bonchev–Trinajstić information content (AvgIpc) is 2.28. The van der Waals surface area contributed by atoms with Crippen LogP contribution in [0.3, 0.4) is 0 Å². The topological polar surface area (TPSA) is 62.1 Å². The molecule has 0 unspecified atom stereocenters. The molecule has 0 aliphatic carbocycles. The second-order valence-corrected chi connectivity index (χ2v) is 4.74. The molecule has 0 aromatic heterocycles. The summed E-state index contributed by atoms with van der Waals surface area (Å²) in [5, 5.41) is 21.3. The van der Waals surface area contributed by atoms with E-state index in [4.69, 9.17) is 9.94 Å². The van der Waals surface area contributed by atoms with Crippen molar-refractivity contribution in [3.8, 4) is 5.75 Å². The largest absolute Gasteiger partial charge is 0.493 e. The predicted molar refractivity (Wildman–Crippen MR) is 66.8 cm³/mol. The molecule has 4 nitrogen and oxygen atoms in total. The van der Waals surface area contributed by atoms with Crippen molar-refractivity contribution in [2.75, 3.05) is 6.61 Å². The molecule has 1 aromatic rings. The van der Waals surface area contributed by atoms with E-state index in [2.05, 4.69) is 5.16 Å². The fraction of sp³-hybridized carbons (Fsp3) is 0.462. The van der Waals surface area contributed by atoms with Gasteiger partial charge in [0.2, 0.25) is 0 Å². The number of rotatable bonds is 5. The minimum absolute atomic E-state index is 0.271. The lowest BCUT2D eigenvalue weighted by Gasteiger charge is -2.18. The van der Waals surface area contributed by atoms with Gasteiger partial charge in [-0.15, -0.1) is 0 Å². The Labute approximate surface area is 106 Å². The van der Waals surface area contributed by atoms with Gasteiger partial charge in [0.15, 0.2) is 0 Å². The maximum atomic E-state index is 13.1. The molecule has 5 heteroatoms. The van der Waals surface area contributed by atoms with Gasteiger partial charge in [-0.05, 0) is 39.0 Å². The monoisotopic (exact) mass is 255 g/mol. The lowest BCUT2D eigenvalue weighted by molar-refractivity contribution is 0.0553. The van der Waals surface area contributed by atoms with Gasteiger partial charge in [-0.25, -0.2) is 4.39 Å². The average molecular weight is 255 g/mol. The quantitative estimate of drug-likeness (QED) is 0.483. The van der Waals surface area contributed by atoms with E-state index in [1.54, 1.807) is 20.8 Å². The molecule has 0 spiro atoms. The number of hydrogen-bond donors (Lipinski definition) is 2. The predicted octanol–water partition coefficient (Wildman–Crippen LogP) is 2.56. The van der Waals surface area contributed by atoms with Crippen molar-refractivity contribution in [3.63, 3.8) is 0 Å². The van der Waals surface area contributed by atoms with Crippen molar-refractivity contribution in [2.45, 2.75) is 32.8 Å². The molecule has 0 radical (unpaired) electrons. The highest BCUT2D eigenvalue weighted by atomic mass is 19.1. The molecular formula is C13H18FNO3. The summed E-state index contributed by atoms with van der Waals surface area (Å²) in [6.07, 6.45) is 0.444. The van der Waals surface area contributed by atoms with Gasteiger partial charge in [-0.3, -0.25) is 0 Å². The summed E-state index contributed by atoms with van der Waals surface area (Å²) in [6.45, 7) is 5.21. The zero-order valence-electron chi connectivity index (χ0n) is 10.8. The first-order valence-electron chi connectivity index (χ1n) is 5.67. The molecule has 0 fully saturated rings. The summed E-state index contributed by atoms with van der Waals surface area (Å²) < 4.78 is 18.6. The molecule has 0 bridgehead atoms. The van der Waals surface area contributed by atoms with Crippen LogP contribution >= 0.6 is 0 Å². The molecule has 0 amide bonds. The van der Waals surface area contributed by atoms with E-state index in [0.717, 1.165) is 0 Å². The Kier molecular flexibility index (Phi) is 4.67. The Bertz CT molecular complexity index is 438. The van der Waals surface area contributed by atoms with Gasteiger partial charge < -0.3 is 15.1 Å². The van der Waals surface area contributed by atoms with Crippen molar-refractivity contribution in [1.82, 2.24) is 0 Å². The third-order valence-corrected chi connectivity index (χ3v) is 2.45. The van der Waals surface area contributed by atoms with E-state index >= 15 is 0 Å². The van der Waals surface area contributed by atoms with Crippen molar-refractivity contribution < 1.29 is 19.4 Å². The van der Waals surface area contributed by atoms with Gasteiger partial charge in [0, 0.05) is 12.0 Å². The highest BCUT2D eigenvalue weighted by Gasteiger charge is 2.14. The maximum absolute atomic E-state index is 13.1. The molecule has 2 N–H and O–H groups in total. The molecule has 100 valence electrons. The fourth-order valence-corrected chi connectivity index (χ4v) is 1.38. The number of hydrogen-bond acceptors (Lipinski definition) is 4. The van der Waals surface area contributed by atoms with Crippen LogP contribution in [0.2, 0.25) is 0 Å². The molecule has 1 rings (SSSR count). The summed E-state index contributed by atoms with van der Waals surface area (Å²) in [4.78, 5) is 0. The Morgan fingerprint density at radius 1 is 1.44 bits per heavy atom. The second kappa shape index (κ2) is 5.82. The first kappa shape index (κ1) is 14.4. The summed E-state index contributed by atoms with van der Waals surface area (Å²) >= 11 is 0. The van der Waals surface area contributed by atoms with Crippen LogP contribution < -0.4 is 4.74 Å². The summed E-state index contributed by atoms with van der Waals surface area (Å²) in [7, 11) is 0. The zero-order chi connectivity index (χ0) is 13.8. The molecule has 0 aliphatic heterocycles. The van der Waals surface area contributed by atoms with Gasteiger partial charge in [0.25, 0.3) is 0 Å². The molecule has 0 heterocycles. The fourth-order valence-electron chi connectivity index (χ4n) is 1.38.